The lowest BCUT2D eigenvalue weighted by molar-refractivity contribution is -0.139. The molecule has 0 unspecified atom stereocenters. The van der Waals surface area contributed by atoms with Crippen molar-refractivity contribution in [3.63, 3.8) is 0 Å². The maximum absolute atomic E-state index is 13.7. The highest BCUT2D eigenvalue weighted by Crippen LogP contribution is 2.21. The number of carbonyl (C=O) groups excluding carboxylic acids is 2. The van der Waals surface area contributed by atoms with Crippen LogP contribution in [0.15, 0.2) is 83.3 Å². The summed E-state index contributed by atoms with van der Waals surface area (Å²) in [6.45, 7) is 4.32. The Morgan fingerprint density at radius 3 is 2.33 bits per heavy atom. The van der Waals surface area contributed by atoms with E-state index in [0.717, 1.165) is 27.6 Å². The lowest BCUT2D eigenvalue weighted by atomic mass is 10.0. The van der Waals surface area contributed by atoms with Crippen LogP contribution in [-0.2, 0) is 28.3 Å². The van der Waals surface area contributed by atoms with Crippen LogP contribution in [0.2, 0.25) is 5.02 Å². The van der Waals surface area contributed by atoms with E-state index >= 15 is 0 Å². The number of carbonyl (C=O) groups is 2. The molecule has 0 aliphatic rings. The van der Waals surface area contributed by atoms with Crippen LogP contribution >= 0.6 is 39.3 Å². The monoisotopic (exact) mass is 586 g/mol. The number of thioether (sulfide) groups is 1. The molecular weight excluding hydrogens is 556 g/mol. The summed E-state index contributed by atoms with van der Waals surface area (Å²) in [5.41, 5.74) is 3.05. The predicted octanol–water partition coefficient (Wildman–Crippen LogP) is 6.89. The zero-order valence-corrected chi connectivity index (χ0v) is 23.8. The van der Waals surface area contributed by atoms with Crippen molar-refractivity contribution in [2.45, 2.75) is 51.1 Å². The molecule has 0 fully saturated rings. The van der Waals surface area contributed by atoms with E-state index in [1.807, 2.05) is 92.7 Å². The molecule has 0 heterocycles. The Kier molecular flexibility index (Phi) is 11.4. The van der Waals surface area contributed by atoms with Gasteiger partial charge in [0.25, 0.3) is 0 Å². The molecule has 1 N–H and O–H groups in total. The molecule has 2 amide bonds. The Hall–Kier alpha value is -2.28. The minimum absolute atomic E-state index is 0.0191. The summed E-state index contributed by atoms with van der Waals surface area (Å²) in [5, 5.41) is 3.70. The highest BCUT2D eigenvalue weighted by molar-refractivity contribution is 9.10. The number of benzene rings is 3. The van der Waals surface area contributed by atoms with E-state index in [1.165, 1.54) is 0 Å². The van der Waals surface area contributed by atoms with Crippen LogP contribution in [0.3, 0.4) is 0 Å². The number of hydrogen-bond acceptors (Lipinski definition) is 3. The van der Waals surface area contributed by atoms with Gasteiger partial charge in [0.05, 0.1) is 5.75 Å². The highest BCUT2D eigenvalue weighted by Gasteiger charge is 2.30. The molecule has 3 aromatic rings. The summed E-state index contributed by atoms with van der Waals surface area (Å²) < 4.78 is 1.02. The molecule has 36 heavy (non-hydrogen) atoms. The SMILES string of the molecule is CC[C@@H](C)NC(=O)[C@H](Cc1ccccc1)N(Cc1cccc(Cl)c1)C(=O)CSCc1ccc(Br)cc1. The first-order valence-corrected chi connectivity index (χ1v) is 14.4. The van der Waals surface area contributed by atoms with E-state index in [9.17, 15) is 9.59 Å². The second-order valence-electron chi connectivity index (χ2n) is 8.79. The lowest BCUT2D eigenvalue weighted by Crippen LogP contribution is -2.52. The average Bonchev–Trinajstić information content (AvgIpc) is 2.87. The summed E-state index contributed by atoms with van der Waals surface area (Å²) in [7, 11) is 0. The predicted molar refractivity (Wildman–Crippen MR) is 154 cm³/mol. The van der Waals surface area contributed by atoms with Gasteiger partial charge in [-0.25, -0.2) is 0 Å². The van der Waals surface area contributed by atoms with Gasteiger partial charge >= 0.3 is 0 Å². The molecule has 3 rings (SSSR count). The topological polar surface area (TPSA) is 49.4 Å². The maximum atomic E-state index is 13.7. The highest BCUT2D eigenvalue weighted by atomic mass is 79.9. The third kappa shape index (κ3) is 8.99. The summed E-state index contributed by atoms with van der Waals surface area (Å²) >= 11 is 11.2. The van der Waals surface area contributed by atoms with Gasteiger partial charge in [-0.3, -0.25) is 9.59 Å². The number of nitrogens with zero attached hydrogens (tertiary/aromatic N) is 1. The zero-order chi connectivity index (χ0) is 25.9. The van der Waals surface area contributed by atoms with Gasteiger partial charge < -0.3 is 10.2 Å². The minimum Gasteiger partial charge on any atom is -0.352 e. The molecule has 0 aromatic heterocycles. The van der Waals surface area contributed by atoms with Crippen LogP contribution in [-0.4, -0.2) is 34.6 Å². The molecule has 0 radical (unpaired) electrons. The zero-order valence-electron chi connectivity index (χ0n) is 20.6. The second kappa shape index (κ2) is 14.5. The largest absolute Gasteiger partial charge is 0.352 e. The third-order valence-electron chi connectivity index (χ3n) is 5.92. The average molecular weight is 588 g/mol. The number of halogens is 2. The van der Waals surface area contributed by atoms with Gasteiger partial charge in [0.15, 0.2) is 0 Å². The molecule has 2 atom stereocenters. The van der Waals surface area contributed by atoms with Crippen molar-refractivity contribution >= 4 is 51.1 Å². The van der Waals surface area contributed by atoms with Crippen molar-refractivity contribution in [1.82, 2.24) is 10.2 Å². The Morgan fingerprint density at radius 1 is 0.972 bits per heavy atom. The Balaban J connectivity index is 1.85. The van der Waals surface area contributed by atoms with Gasteiger partial charge in [0.2, 0.25) is 11.8 Å². The van der Waals surface area contributed by atoms with E-state index in [2.05, 4.69) is 21.2 Å². The normalized spacial score (nSPS) is 12.6. The van der Waals surface area contributed by atoms with Crippen LogP contribution < -0.4 is 5.32 Å². The Morgan fingerprint density at radius 2 is 1.67 bits per heavy atom. The van der Waals surface area contributed by atoms with Crippen LogP contribution in [0.1, 0.15) is 37.0 Å². The van der Waals surface area contributed by atoms with E-state index in [4.69, 9.17) is 11.6 Å². The Labute approximate surface area is 231 Å². The summed E-state index contributed by atoms with van der Waals surface area (Å²) in [6.07, 6.45) is 1.25. The molecular formula is C29H32BrClN2O2S. The van der Waals surface area contributed by atoms with E-state index < -0.39 is 6.04 Å². The number of rotatable bonds is 12. The van der Waals surface area contributed by atoms with Crippen molar-refractivity contribution in [3.8, 4) is 0 Å². The molecule has 0 spiro atoms. The fraction of sp³-hybridized carbons (Fsp3) is 0.310. The maximum Gasteiger partial charge on any atom is 0.243 e. The molecule has 0 aliphatic heterocycles. The molecule has 3 aromatic carbocycles. The van der Waals surface area contributed by atoms with Crippen LogP contribution in [0.5, 0.6) is 0 Å². The number of amides is 2. The number of nitrogens with one attached hydrogen (secondary N) is 1. The summed E-state index contributed by atoms with van der Waals surface area (Å²) in [5.74, 6) is 0.782. The molecule has 190 valence electrons. The molecule has 0 aliphatic carbocycles. The number of hydrogen-bond donors (Lipinski definition) is 1. The molecule has 0 bridgehead atoms. The van der Waals surface area contributed by atoms with Crippen molar-refractivity contribution in [1.29, 1.82) is 0 Å². The fourth-order valence-electron chi connectivity index (χ4n) is 3.75. The molecule has 0 saturated heterocycles. The second-order valence-corrected chi connectivity index (χ2v) is 11.1. The third-order valence-corrected chi connectivity index (χ3v) is 7.67. The summed E-state index contributed by atoms with van der Waals surface area (Å²) in [4.78, 5) is 28.9. The van der Waals surface area contributed by atoms with Gasteiger partial charge in [-0.15, -0.1) is 11.8 Å². The van der Waals surface area contributed by atoms with E-state index in [1.54, 1.807) is 16.7 Å². The van der Waals surface area contributed by atoms with Crippen LogP contribution in [0.4, 0.5) is 0 Å². The van der Waals surface area contributed by atoms with Crippen molar-refractivity contribution in [2.75, 3.05) is 5.75 Å². The van der Waals surface area contributed by atoms with E-state index in [0.29, 0.717) is 23.7 Å². The van der Waals surface area contributed by atoms with Gasteiger partial charge in [0, 0.05) is 34.3 Å². The van der Waals surface area contributed by atoms with Crippen molar-refractivity contribution < 1.29 is 9.59 Å². The molecule has 4 nitrogen and oxygen atoms in total. The standard InChI is InChI=1S/C29H32BrClN2O2S/c1-3-21(2)32-29(35)27(17-22-8-5-4-6-9-22)33(18-24-10-7-11-26(31)16-24)28(34)20-36-19-23-12-14-25(30)15-13-23/h4-16,21,27H,3,17-20H2,1-2H3,(H,32,35)/t21-,27+/m1/s1. The van der Waals surface area contributed by atoms with Crippen LogP contribution in [0, 0.1) is 0 Å². The quantitative estimate of drug-likeness (QED) is 0.251. The van der Waals surface area contributed by atoms with Gasteiger partial charge in [0.1, 0.15) is 6.04 Å². The first-order chi connectivity index (χ1) is 17.4. The summed E-state index contributed by atoms with van der Waals surface area (Å²) in [6, 6.07) is 24.8. The first-order valence-electron chi connectivity index (χ1n) is 12.1. The van der Waals surface area contributed by atoms with Gasteiger partial charge in [-0.1, -0.05) is 89.1 Å². The van der Waals surface area contributed by atoms with E-state index in [-0.39, 0.29) is 23.6 Å². The smallest absolute Gasteiger partial charge is 0.243 e. The van der Waals surface area contributed by atoms with Crippen LogP contribution in [0.25, 0.3) is 0 Å². The van der Waals surface area contributed by atoms with Crippen molar-refractivity contribution in [2.24, 2.45) is 0 Å². The van der Waals surface area contributed by atoms with Gasteiger partial charge in [-0.2, -0.15) is 0 Å². The Bertz CT molecular complexity index is 1130. The lowest BCUT2D eigenvalue weighted by Gasteiger charge is -2.32. The minimum atomic E-state index is -0.638. The molecule has 7 heteroatoms. The van der Waals surface area contributed by atoms with Gasteiger partial charge in [-0.05, 0) is 54.3 Å². The molecule has 0 saturated carbocycles. The van der Waals surface area contributed by atoms with Crippen molar-refractivity contribution in [3.05, 3.63) is 105 Å². The first kappa shape index (κ1) is 28.3. The fourth-order valence-corrected chi connectivity index (χ4v) is 5.09.